The number of aromatic amines is 2. The molecule has 1 aliphatic carbocycles. The fourth-order valence-corrected chi connectivity index (χ4v) is 5.13. The molecule has 1 atom stereocenters. The van der Waals surface area contributed by atoms with E-state index in [0.717, 1.165) is 33.2 Å². The third kappa shape index (κ3) is 3.21. The molecule has 6 aromatic rings. The smallest absolute Gasteiger partial charge is 0.354 e. The van der Waals surface area contributed by atoms with E-state index in [0.29, 0.717) is 28.1 Å². The second-order valence-electron chi connectivity index (χ2n) is 8.84. The first kappa shape index (κ1) is 21.0. The summed E-state index contributed by atoms with van der Waals surface area (Å²) in [6.07, 6.45) is 4.84. The average molecular weight is 486 g/mol. The molecule has 1 aliphatic rings. The normalized spacial score (nSPS) is 14.0. The van der Waals surface area contributed by atoms with Crippen LogP contribution in [-0.4, -0.2) is 41.9 Å². The summed E-state index contributed by atoms with van der Waals surface area (Å²) in [4.78, 5) is 44.1. The number of imidazole rings is 1. The average Bonchev–Trinajstić information content (AvgIpc) is 3.64. The SMILES string of the molecule is O=C(O)c1cc2[nH]c(-c3cccc4c3-c3ccccc3[C@H]4NC(=O)c3ccnc4[nH]ccc34)nc2cn1. The highest BCUT2D eigenvalue weighted by Gasteiger charge is 2.32. The third-order valence-corrected chi connectivity index (χ3v) is 6.77. The zero-order valence-electron chi connectivity index (χ0n) is 19.2. The van der Waals surface area contributed by atoms with E-state index in [1.54, 1.807) is 18.5 Å². The molecule has 9 nitrogen and oxygen atoms in total. The lowest BCUT2D eigenvalue weighted by Crippen LogP contribution is -2.28. The highest BCUT2D eigenvalue weighted by Crippen LogP contribution is 2.47. The van der Waals surface area contributed by atoms with E-state index in [-0.39, 0.29) is 17.6 Å². The van der Waals surface area contributed by atoms with Gasteiger partial charge in [0.05, 0.1) is 23.3 Å². The molecule has 7 rings (SSSR count). The van der Waals surface area contributed by atoms with Gasteiger partial charge >= 0.3 is 5.97 Å². The lowest BCUT2D eigenvalue weighted by Gasteiger charge is -2.16. The zero-order valence-corrected chi connectivity index (χ0v) is 19.2. The number of H-pyrrole nitrogens is 2. The number of amides is 1. The summed E-state index contributed by atoms with van der Waals surface area (Å²) in [6.45, 7) is 0. The van der Waals surface area contributed by atoms with Crippen LogP contribution in [-0.2, 0) is 0 Å². The molecule has 1 amide bonds. The number of carboxylic acids is 1. The standard InChI is InChI=1S/C28H18N6O3/c35-27(17-9-11-30-25-16(17)8-10-29-25)34-24-15-5-2-1-4-14(15)23-18(24)6-3-7-19(23)26-32-20-12-21(28(36)37)31-13-22(20)33-26/h1-13,24H,(H,29,30)(H,32,33)(H,34,35)(H,36,37)/t24-/m1/s1. The van der Waals surface area contributed by atoms with Crippen LogP contribution in [0.5, 0.6) is 0 Å². The Balaban J connectivity index is 1.34. The maximum Gasteiger partial charge on any atom is 0.354 e. The fourth-order valence-electron chi connectivity index (χ4n) is 5.13. The summed E-state index contributed by atoms with van der Waals surface area (Å²) >= 11 is 0. The lowest BCUT2D eigenvalue weighted by molar-refractivity contribution is 0.0690. The number of nitrogens with one attached hydrogen (secondary N) is 3. The topological polar surface area (TPSA) is 137 Å². The number of aromatic nitrogens is 5. The van der Waals surface area contributed by atoms with E-state index in [2.05, 4.69) is 30.2 Å². The molecule has 4 aromatic heterocycles. The Hall–Kier alpha value is -5.31. The molecule has 2 aromatic carbocycles. The highest BCUT2D eigenvalue weighted by atomic mass is 16.4. The van der Waals surface area contributed by atoms with Gasteiger partial charge in [0.25, 0.3) is 5.91 Å². The number of nitrogens with zero attached hydrogens (tertiary/aromatic N) is 3. The second kappa shape index (κ2) is 7.85. The summed E-state index contributed by atoms with van der Waals surface area (Å²) in [7, 11) is 0. The number of carbonyl (C=O) groups is 2. The number of hydrogen-bond donors (Lipinski definition) is 4. The van der Waals surface area contributed by atoms with Gasteiger partial charge in [0, 0.05) is 23.3 Å². The fraction of sp³-hybridized carbons (Fsp3) is 0.0357. The first-order chi connectivity index (χ1) is 18.1. The number of carbonyl (C=O) groups excluding carboxylic acids is 1. The molecule has 0 bridgehead atoms. The van der Waals surface area contributed by atoms with Crippen LogP contribution in [0.15, 0.2) is 79.3 Å². The van der Waals surface area contributed by atoms with Gasteiger partial charge in [0.1, 0.15) is 22.7 Å². The molecule has 4 heterocycles. The van der Waals surface area contributed by atoms with Gasteiger partial charge in [-0.25, -0.2) is 19.7 Å². The highest BCUT2D eigenvalue weighted by molar-refractivity contribution is 6.06. The van der Waals surface area contributed by atoms with Crippen molar-refractivity contribution in [1.82, 2.24) is 30.2 Å². The molecular weight excluding hydrogens is 468 g/mol. The van der Waals surface area contributed by atoms with Gasteiger partial charge in [-0.3, -0.25) is 4.79 Å². The third-order valence-electron chi connectivity index (χ3n) is 6.77. The van der Waals surface area contributed by atoms with Gasteiger partial charge in [0.2, 0.25) is 0 Å². The Morgan fingerprint density at radius 2 is 1.78 bits per heavy atom. The first-order valence-electron chi connectivity index (χ1n) is 11.6. The summed E-state index contributed by atoms with van der Waals surface area (Å²) in [5.41, 5.74) is 7.08. The quantitative estimate of drug-likeness (QED) is 0.285. The largest absolute Gasteiger partial charge is 0.477 e. The molecule has 4 N–H and O–H groups in total. The summed E-state index contributed by atoms with van der Waals surface area (Å²) in [5, 5.41) is 13.3. The van der Waals surface area contributed by atoms with Gasteiger partial charge in [-0.1, -0.05) is 42.5 Å². The molecule has 9 heteroatoms. The molecule has 0 saturated carbocycles. The number of pyridine rings is 2. The van der Waals surface area contributed by atoms with Crippen LogP contribution in [0.2, 0.25) is 0 Å². The van der Waals surface area contributed by atoms with E-state index in [1.807, 2.05) is 48.5 Å². The maximum absolute atomic E-state index is 13.5. The molecular formula is C28H18N6O3. The number of carboxylic acid groups (broad SMARTS) is 1. The van der Waals surface area contributed by atoms with Crippen molar-refractivity contribution in [3.63, 3.8) is 0 Å². The molecule has 37 heavy (non-hydrogen) atoms. The molecule has 178 valence electrons. The lowest BCUT2D eigenvalue weighted by atomic mass is 9.98. The predicted molar refractivity (Wildman–Crippen MR) is 137 cm³/mol. The van der Waals surface area contributed by atoms with Crippen molar-refractivity contribution in [2.24, 2.45) is 0 Å². The number of hydrogen-bond acceptors (Lipinski definition) is 5. The molecule has 0 saturated heterocycles. The second-order valence-corrected chi connectivity index (χ2v) is 8.84. The van der Waals surface area contributed by atoms with Crippen molar-refractivity contribution >= 4 is 33.9 Å². The van der Waals surface area contributed by atoms with Crippen molar-refractivity contribution in [2.45, 2.75) is 6.04 Å². The van der Waals surface area contributed by atoms with Crippen LogP contribution in [0.4, 0.5) is 0 Å². The number of fused-ring (bicyclic) bond motifs is 5. The monoisotopic (exact) mass is 486 g/mol. The molecule has 0 radical (unpaired) electrons. The first-order valence-corrected chi connectivity index (χ1v) is 11.6. The maximum atomic E-state index is 13.5. The van der Waals surface area contributed by atoms with Crippen molar-refractivity contribution in [3.05, 3.63) is 102 Å². The van der Waals surface area contributed by atoms with Crippen LogP contribution in [0.1, 0.15) is 38.0 Å². The van der Waals surface area contributed by atoms with Crippen molar-refractivity contribution in [3.8, 4) is 22.5 Å². The van der Waals surface area contributed by atoms with Crippen LogP contribution in [0.3, 0.4) is 0 Å². The van der Waals surface area contributed by atoms with E-state index >= 15 is 0 Å². The van der Waals surface area contributed by atoms with Crippen molar-refractivity contribution in [1.29, 1.82) is 0 Å². The number of aromatic carboxylic acids is 1. The van der Waals surface area contributed by atoms with E-state index < -0.39 is 5.97 Å². The van der Waals surface area contributed by atoms with Gasteiger partial charge in [-0.2, -0.15) is 0 Å². The zero-order chi connectivity index (χ0) is 25.1. The summed E-state index contributed by atoms with van der Waals surface area (Å²) < 4.78 is 0. The molecule has 0 unspecified atom stereocenters. The van der Waals surface area contributed by atoms with Crippen LogP contribution in [0.25, 0.3) is 44.6 Å². The predicted octanol–water partition coefficient (Wildman–Crippen LogP) is 4.70. The minimum Gasteiger partial charge on any atom is -0.477 e. The Morgan fingerprint density at radius 3 is 2.68 bits per heavy atom. The Morgan fingerprint density at radius 1 is 0.946 bits per heavy atom. The molecule has 0 spiro atoms. The molecule has 0 aliphatic heterocycles. The van der Waals surface area contributed by atoms with Crippen molar-refractivity contribution in [2.75, 3.05) is 0 Å². The summed E-state index contributed by atoms with van der Waals surface area (Å²) in [5.74, 6) is -0.695. The van der Waals surface area contributed by atoms with Gasteiger partial charge < -0.3 is 20.4 Å². The van der Waals surface area contributed by atoms with Crippen molar-refractivity contribution < 1.29 is 14.7 Å². The van der Waals surface area contributed by atoms with E-state index in [4.69, 9.17) is 0 Å². The van der Waals surface area contributed by atoms with Crippen LogP contribution in [0, 0.1) is 0 Å². The van der Waals surface area contributed by atoms with Crippen LogP contribution < -0.4 is 5.32 Å². The van der Waals surface area contributed by atoms with Crippen LogP contribution >= 0.6 is 0 Å². The minimum absolute atomic E-state index is 0.0539. The Labute approximate surface area is 209 Å². The minimum atomic E-state index is -1.10. The van der Waals surface area contributed by atoms with E-state index in [9.17, 15) is 14.7 Å². The van der Waals surface area contributed by atoms with E-state index in [1.165, 1.54) is 12.3 Å². The van der Waals surface area contributed by atoms with Gasteiger partial charge in [-0.05, 0) is 40.5 Å². The Bertz CT molecular complexity index is 1890. The summed E-state index contributed by atoms with van der Waals surface area (Å²) in [6, 6.07) is 18.6. The Kier molecular flexibility index (Phi) is 4.46. The van der Waals surface area contributed by atoms with Gasteiger partial charge in [0.15, 0.2) is 0 Å². The number of benzene rings is 2. The van der Waals surface area contributed by atoms with Gasteiger partial charge in [-0.15, -0.1) is 0 Å². The molecule has 0 fully saturated rings. The number of rotatable bonds is 4.